The average molecular weight is 252 g/mol. The topological polar surface area (TPSA) is 20.2 Å². The second kappa shape index (κ2) is 5.23. The van der Waals surface area contributed by atoms with Gasteiger partial charge in [-0.1, -0.05) is 36.4 Å². The molecular formula is C14H11F3O. The Bertz CT molecular complexity index is 540. The van der Waals surface area contributed by atoms with Gasteiger partial charge < -0.3 is 5.11 Å². The van der Waals surface area contributed by atoms with Crippen LogP contribution < -0.4 is 0 Å². The third-order valence-electron chi connectivity index (χ3n) is 2.68. The van der Waals surface area contributed by atoms with Crippen LogP contribution in [0.3, 0.4) is 0 Å². The lowest BCUT2D eigenvalue weighted by molar-refractivity contribution is 0.150. The van der Waals surface area contributed by atoms with Gasteiger partial charge in [0.25, 0.3) is 6.43 Å². The van der Waals surface area contributed by atoms with Crippen molar-refractivity contribution in [3.63, 3.8) is 0 Å². The Hall–Kier alpha value is -1.81. The summed E-state index contributed by atoms with van der Waals surface area (Å²) in [6.45, 7) is 0. The third-order valence-corrected chi connectivity index (χ3v) is 2.68. The monoisotopic (exact) mass is 252 g/mol. The summed E-state index contributed by atoms with van der Waals surface area (Å²) in [6, 6.07) is 11.1. The number of hydrogen-bond acceptors (Lipinski definition) is 1. The van der Waals surface area contributed by atoms with Crippen molar-refractivity contribution in [1.82, 2.24) is 0 Å². The summed E-state index contributed by atoms with van der Waals surface area (Å²) in [6.07, 6.45) is -3.86. The molecule has 0 aliphatic heterocycles. The van der Waals surface area contributed by atoms with E-state index >= 15 is 0 Å². The minimum absolute atomic E-state index is 0.0731. The number of benzene rings is 2. The predicted octanol–water partition coefficient (Wildman–Crippen LogP) is 3.85. The van der Waals surface area contributed by atoms with Crippen molar-refractivity contribution in [3.05, 3.63) is 71.0 Å². The van der Waals surface area contributed by atoms with Gasteiger partial charge >= 0.3 is 0 Å². The van der Waals surface area contributed by atoms with Crippen LogP contribution in [0.15, 0.2) is 48.5 Å². The molecule has 1 N–H and O–H groups in total. The molecule has 1 atom stereocenters. The fourth-order valence-electron chi connectivity index (χ4n) is 1.74. The number of halogens is 3. The third kappa shape index (κ3) is 2.54. The van der Waals surface area contributed by atoms with Crippen molar-refractivity contribution in [2.24, 2.45) is 0 Å². The molecule has 0 saturated heterocycles. The summed E-state index contributed by atoms with van der Waals surface area (Å²) < 4.78 is 38.5. The quantitative estimate of drug-likeness (QED) is 0.879. The SMILES string of the molecule is OC(c1cccc(C(F)F)c1)c1ccccc1F. The molecule has 0 fully saturated rings. The van der Waals surface area contributed by atoms with Crippen molar-refractivity contribution in [2.45, 2.75) is 12.5 Å². The summed E-state index contributed by atoms with van der Waals surface area (Å²) in [4.78, 5) is 0. The maximum atomic E-state index is 13.5. The molecule has 0 amide bonds. The van der Waals surface area contributed by atoms with E-state index < -0.39 is 18.3 Å². The van der Waals surface area contributed by atoms with Crippen molar-refractivity contribution in [3.8, 4) is 0 Å². The summed E-state index contributed by atoms with van der Waals surface area (Å²) >= 11 is 0. The van der Waals surface area contributed by atoms with E-state index in [2.05, 4.69) is 0 Å². The van der Waals surface area contributed by atoms with Gasteiger partial charge in [0.2, 0.25) is 0 Å². The molecule has 0 radical (unpaired) electrons. The highest BCUT2D eigenvalue weighted by Gasteiger charge is 2.16. The molecule has 18 heavy (non-hydrogen) atoms. The van der Waals surface area contributed by atoms with Crippen LogP contribution in [-0.4, -0.2) is 5.11 Å². The zero-order valence-electron chi connectivity index (χ0n) is 9.35. The van der Waals surface area contributed by atoms with Gasteiger partial charge in [0, 0.05) is 11.1 Å². The molecule has 0 aromatic heterocycles. The molecule has 2 aromatic carbocycles. The maximum Gasteiger partial charge on any atom is 0.263 e. The number of aliphatic hydroxyl groups excluding tert-OH is 1. The van der Waals surface area contributed by atoms with Crippen LogP contribution in [0, 0.1) is 5.82 Å². The van der Waals surface area contributed by atoms with Crippen LogP contribution in [-0.2, 0) is 0 Å². The largest absolute Gasteiger partial charge is 0.384 e. The van der Waals surface area contributed by atoms with E-state index in [1.54, 1.807) is 6.07 Å². The van der Waals surface area contributed by atoms with E-state index in [4.69, 9.17) is 0 Å². The van der Waals surface area contributed by atoms with Crippen LogP contribution in [0.25, 0.3) is 0 Å². The standard InChI is InChI=1S/C14H11F3O/c15-12-7-2-1-6-11(12)13(18)9-4-3-5-10(8-9)14(16)17/h1-8,13-14,18H. The fourth-order valence-corrected chi connectivity index (χ4v) is 1.74. The van der Waals surface area contributed by atoms with Gasteiger partial charge in [0.1, 0.15) is 11.9 Å². The Morgan fingerprint density at radius 3 is 2.22 bits per heavy atom. The van der Waals surface area contributed by atoms with E-state index in [1.165, 1.54) is 42.5 Å². The smallest absolute Gasteiger partial charge is 0.263 e. The highest BCUT2D eigenvalue weighted by Crippen LogP contribution is 2.27. The Balaban J connectivity index is 2.37. The Labute approximate surface area is 103 Å². The molecule has 0 heterocycles. The molecule has 1 unspecified atom stereocenters. The molecule has 0 spiro atoms. The van der Waals surface area contributed by atoms with Crippen LogP contribution in [0.2, 0.25) is 0 Å². The Kier molecular flexibility index (Phi) is 3.67. The normalized spacial score (nSPS) is 12.7. The van der Waals surface area contributed by atoms with Gasteiger partial charge in [0.05, 0.1) is 0 Å². The predicted molar refractivity (Wildman–Crippen MR) is 61.9 cm³/mol. The molecule has 4 heteroatoms. The van der Waals surface area contributed by atoms with Gasteiger partial charge in [-0.3, -0.25) is 0 Å². The van der Waals surface area contributed by atoms with E-state index in [0.717, 1.165) is 0 Å². The lowest BCUT2D eigenvalue weighted by atomic mass is 9.99. The number of hydrogen-bond donors (Lipinski definition) is 1. The van der Waals surface area contributed by atoms with Crippen LogP contribution in [0.4, 0.5) is 13.2 Å². The van der Waals surface area contributed by atoms with Crippen molar-refractivity contribution in [1.29, 1.82) is 0 Å². The van der Waals surface area contributed by atoms with Crippen LogP contribution in [0.1, 0.15) is 29.2 Å². The van der Waals surface area contributed by atoms with Gasteiger partial charge in [-0.05, 0) is 17.7 Å². The first-order valence-corrected chi connectivity index (χ1v) is 5.40. The van der Waals surface area contributed by atoms with E-state index in [1.807, 2.05) is 0 Å². The summed E-state index contributed by atoms with van der Waals surface area (Å²) in [7, 11) is 0. The van der Waals surface area contributed by atoms with Gasteiger partial charge in [-0.15, -0.1) is 0 Å². The fraction of sp³-hybridized carbons (Fsp3) is 0.143. The summed E-state index contributed by atoms with van der Waals surface area (Å²) in [5, 5.41) is 9.99. The van der Waals surface area contributed by atoms with Gasteiger partial charge in [-0.2, -0.15) is 0 Å². The lowest BCUT2D eigenvalue weighted by Crippen LogP contribution is -2.03. The molecular weight excluding hydrogens is 241 g/mol. The number of aliphatic hydroxyl groups is 1. The number of rotatable bonds is 3. The van der Waals surface area contributed by atoms with E-state index in [-0.39, 0.29) is 16.7 Å². The van der Waals surface area contributed by atoms with Crippen LogP contribution >= 0.6 is 0 Å². The lowest BCUT2D eigenvalue weighted by Gasteiger charge is -2.13. The molecule has 0 aliphatic carbocycles. The van der Waals surface area contributed by atoms with Gasteiger partial charge in [-0.25, -0.2) is 13.2 Å². The highest BCUT2D eigenvalue weighted by molar-refractivity contribution is 5.33. The second-order valence-corrected chi connectivity index (χ2v) is 3.89. The Morgan fingerprint density at radius 1 is 0.889 bits per heavy atom. The van der Waals surface area contributed by atoms with E-state index in [9.17, 15) is 18.3 Å². The van der Waals surface area contributed by atoms with Gasteiger partial charge in [0.15, 0.2) is 0 Å². The molecule has 94 valence electrons. The van der Waals surface area contributed by atoms with Crippen molar-refractivity contribution < 1.29 is 18.3 Å². The minimum Gasteiger partial charge on any atom is -0.384 e. The minimum atomic E-state index is -2.61. The zero-order valence-corrected chi connectivity index (χ0v) is 9.35. The molecule has 0 aliphatic rings. The maximum absolute atomic E-state index is 13.5. The first kappa shape index (κ1) is 12.6. The summed E-state index contributed by atoms with van der Waals surface area (Å²) in [5.41, 5.74) is 0.129. The molecule has 2 rings (SSSR count). The second-order valence-electron chi connectivity index (χ2n) is 3.89. The summed E-state index contributed by atoms with van der Waals surface area (Å²) in [5.74, 6) is -0.563. The molecule has 1 nitrogen and oxygen atoms in total. The zero-order chi connectivity index (χ0) is 13.1. The van der Waals surface area contributed by atoms with Crippen LogP contribution in [0.5, 0.6) is 0 Å². The Morgan fingerprint density at radius 2 is 1.56 bits per heavy atom. The first-order chi connectivity index (χ1) is 8.59. The molecule has 2 aromatic rings. The van der Waals surface area contributed by atoms with Crippen molar-refractivity contribution in [2.75, 3.05) is 0 Å². The first-order valence-electron chi connectivity index (χ1n) is 5.40. The average Bonchev–Trinajstić information content (AvgIpc) is 2.38. The van der Waals surface area contributed by atoms with E-state index in [0.29, 0.717) is 0 Å². The molecule has 0 bridgehead atoms. The molecule has 0 saturated carbocycles. The van der Waals surface area contributed by atoms with Crippen molar-refractivity contribution >= 4 is 0 Å². The number of alkyl halides is 2. The highest BCUT2D eigenvalue weighted by atomic mass is 19.3.